The Morgan fingerprint density at radius 1 is 1.70 bits per heavy atom. The van der Waals surface area contributed by atoms with Gasteiger partial charge in [-0.1, -0.05) is 15.9 Å². The molecule has 0 aliphatic heterocycles. The SMILES string of the molecule is Cc1cnc(CBr)c(N)c1. The summed E-state index contributed by atoms with van der Waals surface area (Å²) in [6, 6.07) is 1.92. The van der Waals surface area contributed by atoms with Crippen LogP contribution in [0.15, 0.2) is 12.3 Å². The number of nitrogens with zero attached hydrogens (tertiary/aromatic N) is 1. The Bertz CT molecular complexity index is 235. The number of rotatable bonds is 1. The van der Waals surface area contributed by atoms with E-state index in [1.165, 1.54) is 0 Å². The molecule has 0 aliphatic rings. The summed E-state index contributed by atoms with van der Waals surface area (Å²) in [6.45, 7) is 1.97. The van der Waals surface area contributed by atoms with Gasteiger partial charge in [-0.25, -0.2) is 0 Å². The normalized spacial score (nSPS) is 9.80. The molecule has 0 spiro atoms. The van der Waals surface area contributed by atoms with Gasteiger partial charge in [-0.3, -0.25) is 4.98 Å². The molecule has 2 nitrogen and oxygen atoms in total. The third-order valence-electron chi connectivity index (χ3n) is 1.27. The van der Waals surface area contributed by atoms with Crippen LogP contribution in [0.4, 0.5) is 5.69 Å². The van der Waals surface area contributed by atoms with Crippen LogP contribution in [0, 0.1) is 6.92 Å². The van der Waals surface area contributed by atoms with E-state index < -0.39 is 0 Å². The molecular formula is C7H9BrN2. The van der Waals surface area contributed by atoms with Crippen LogP contribution in [0.3, 0.4) is 0 Å². The summed E-state index contributed by atoms with van der Waals surface area (Å²) in [5.74, 6) is 0. The number of alkyl halides is 1. The summed E-state index contributed by atoms with van der Waals surface area (Å²) in [4.78, 5) is 4.12. The lowest BCUT2D eigenvalue weighted by molar-refractivity contribution is 1.16. The first-order chi connectivity index (χ1) is 4.74. The van der Waals surface area contributed by atoms with Crippen molar-refractivity contribution in [1.29, 1.82) is 0 Å². The van der Waals surface area contributed by atoms with Crippen molar-refractivity contribution in [1.82, 2.24) is 4.98 Å². The number of aryl methyl sites for hydroxylation is 1. The van der Waals surface area contributed by atoms with Crippen molar-refractivity contribution >= 4 is 21.6 Å². The standard InChI is InChI=1S/C7H9BrN2/c1-5-2-6(9)7(3-8)10-4-5/h2,4H,3,9H2,1H3. The fourth-order valence-corrected chi connectivity index (χ4v) is 1.20. The zero-order valence-electron chi connectivity index (χ0n) is 5.76. The van der Waals surface area contributed by atoms with Crippen molar-refractivity contribution < 1.29 is 0 Å². The van der Waals surface area contributed by atoms with Crippen molar-refractivity contribution in [2.45, 2.75) is 12.3 Å². The lowest BCUT2D eigenvalue weighted by Crippen LogP contribution is -1.95. The van der Waals surface area contributed by atoms with E-state index in [1.807, 2.05) is 19.2 Å². The number of halogens is 1. The summed E-state index contributed by atoms with van der Waals surface area (Å²) in [6.07, 6.45) is 1.81. The van der Waals surface area contributed by atoms with Crippen LogP contribution >= 0.6 is 15.9 Å². The number of aromatic nitrogens is 1. The van der Waals surface area contributed by atoms with Gasteiger partial charge < -0.3 is 5.73 Å². The van der Waals surface area contributed by atoms with Gasteiger partial charge in [-0.15, -0.1) is 0 Å². The molecular weight excluding hydrogens is 192 g/mol. The van der Waals surface area contributed by atoms with E-state index in [1.54, 1.807) is 0 Å². The first-order valence-electron chi connectivity index (χ1n) is 3.01. The van der Waals surface area contributed by atoms with Gasteiger partial charge in [0.1, 0.15) is 0 Å². The highest BCUT2D eigenvalue weighted by atomic mass is 79.9. The Balaban J connectivity index is 3.07. The highest BCUT2D eigenvalue weighted by Crippen LogP contribution is 2.12. The second-order valence-corrected chi connectivity index (χ2v) is 2.74. The molecule has 0 atom stereocenters. The summed E-state index contributed by atoms with van der Waals surface area (Å²) in [7, 11) is 0. The lowest BCUT2D eigenvalue weighted by atomic mass is 10.2. The van der Waals surface area contributed by atoms with Crippen molar-refractivity contribution in [2.75, 3.05) is 5.73 Å². The van der Waals surface area contributed by atoms with Crippen LogP contribution in [0.2, 0.25) is 0 Å². The number of hydrogen-bond donors (Lipinski definition) is 1. The molecule has 10 heavy (non-hydrogen) atoms. The van der Waals surface area contributed by atoms with Gasteiger partial charge in [0.05, 0.1) is 11.4 Å². The van der Waals surface area contributed by atoms with Crippen molar-refractivity contribution in [3.8, 4) is 0 Å². The van der Waals surface area contributed by atoms with E-state index in [9.17, 15) is 0 Å². The molecule has 1 aromatic rings. The second kappa shape index (κ2) is 3.01. The molecule has 0 bridgehead atoms. The largest absolute Gasteiger partial charge is 0.397 e. The van der Waals surface area contributed by atoms with Gasteiger partial charge in [-0.2, -0.15) is 0 Å². The monoisotopic (exact) mass is 200 g/mol. The van der Waals surface area contributed by atoms with E-state index >= 15 is 0 Å². The summed E-state index contributed by atoms with van der Waals surface area (Å²) in [5, 5.41) is 0.721. The van der Waals surface area contributed by atoms with E-state index in [-0.39, 0.29) is 0 Å². The minimum Gasteiger partial charge on any atom is -0.397 e. The highest BCUT2D eigenvalue weighted by Gasteiger charge is 1.96. The average Bonchev–Trinajstić information content (AvgIpc) is 1.88. The topological polar surface area (TPSA) is 38.9 Å². The van der Waals surface area contributed by atoms with Crippen LogP contribution < -0.4 is 5.73 Å². The first-order valence-corrected chi connectivity index (χ1v) is 4.13. The Hall–Kier alpha value is -0.570. The Labute approximate surface area is 68.6 Å². The van der Waals surface area contributed by atoms with Crippen LogP contribution in [-0.4, -0.2) is 4.98 Å². The third-order valence-corrected chi connectivity index (χ3v) is 1.80. The van der Waals surface area contributed by atoms with Crippen LogP contribution in [0.5, 0.6) is 0 Å². The predicted molar refractivity (Wildman–Crippen MR) is 46.0 cm³/mol. The zero-order valence-corrected chi connectivity index (χ0v) is 7.35. The quantitative estimate of drug-likeness (QED) is 0.704. The molecule has 0 radical (unpaired) electrons. The molecule has 0 aliphatic carbocycles. The molecule has 1 aromatic heterocycles. The average molecular weight is 201 g/mol. The summed E-state index contributed by atoms with van der Waals surface area (Å²) >= 11 is 3.29. The van der Waals surface area contributed by atoms with Gasteiger partial charge in [0, 0.05) is 11.5 Å². The maximum atomic E-state index is 5.64. The summed E-state index contributed by atoms with van der Waals surface area (Å²) in [5.41, 5.74) is 8.41. The van der Waals surface area contributed by atoms with E-state index in [2.05, 4.69) is 20.9 Å². The predicted octanol–water partition coefficient (Wildman–Crippen LogP) is 1.87. The highest BCUT2D eigenvalue weighted by molar-refractivity contribution is 9.08. The number of anilines is 1. The zero-order chi connectivity index (χ0) is 7.56. The summed E-state index contributed by atoms with van der Waals surface area (Å²) < 4.78 is 0. The number of nitrogen functional groups attached to an aromatic ring is 1. The first kappa shape index (κ1) is 7.54. The molecule has 2 N–H and O–H groups in total. The number of nitrogens with two attached hydrogens (primary N) is 1. The van der Waals surface area contributed by atoms with Crippen LogP contribution in [-0.2, 0) is 5.33 Å². The van der Waals surface area contributed by atoms with Gasteiger partial charge in [0.25, 0.3) is 0 Å². The van der Waals surface area contributed by atoms with Gasteiger partial charge in [0.15, 0.2) is 0 Å². The van der Waals surface area contributed by atoms with E-state index in [4.69, 9.17) is 5.73 Å². The Kier molecular flexibility index (Phi) is 2.27. The van der Waals surface area contributed by atoms with Gasteiger partial charge in [-0.05, 0) is 18.6 Å². The fraction of sp³-hybridized carbons (Fsp3) is 0.286. The molecule has 0 fully saturated rings. The third kappa shape index (κ3) is 1.48. The second-order valence-electron chi connectivity index (χ2n) is 2.18. The molecule has 0 saturated heterocycles. The van der Waals surface area contributed by atoms with Crippen molar-refractivity contribution in [3.05, 3.63) is 23.5 Å². The molecule has 0 amide bonds. The minimum atomic E-state index is 0.721. The maximum Gasteiger partial charge on any atom is 0.0738 e. The lowest BCUT2D eigenvalue weighted by Gasteiger charge is -2.00. The smallest absolute Gasteiger partial charge is 0.0738 e. The van der Waals surface area contributed by atoms with Crippen LogP contribution in [0.25, 0.3) is 0 Å². The fourth-order valence-electron chi connectivity index (χ4n) is 0.732. The van der Waals surface area contributed by atoms with Gasteiger partial charge in [0.2, 0.25) is 0 Å². The van der Waals surface area contributed by atoms with E-state index in [0.717, 1.165) is 22.3 Å². The molecule has 0 unspecified atom stereocenters. The van der Waals surface area contributed by atoms with Crippen LogP contribution in [0.1, 0.15) is 11.3 Å². The number of pyridine rings is 1. The molecule has 54 valence electrons. The minimum absolute atomic E-state index is 0.721. The van der Waals surface area contributed by atoms with Gasteiger partial charge >= 0.3 is 0 Å². The molecule has 3 heteroatoms. The molecule has 0 aromatic carbocycles. The Morgan fingerprint density at radius 2 is 2.40 bits per heavy atom. The van der Waals surface area contributed by atoms with E-state index in [0.29, 0.717) is 0 Å². The van der Waals surface area contributed by atoms with Crippen molar-refractivity contribution in [3.63, 3.8) is 0 Å². The van der Waals surface area contributed by atoms with Crippen molar-refractivity contribution in [2.24, 2.45) is 0 Å². The Morgan fingerprint density at radius 3 is 2.90 bits per heavy atom. The molecule has 1 rings (SSSR count). The molecule has 0 saturated carbocycles. The maximum absolute atomic E-state index is 5.64. The molecule has 1 heterocycles. The number of hydrogen-bond acceptors (Lipinski definition) is 2.